The van der Waals surface area contributed by atoms with Crippen molar-refractivity contribution in [1.29, 1.82) is 0 Å². The summed E-state index contributed by atoms with van der Waals surface area (Å²) in [4.78, 5) is 4.28. The first-order valence-electron chi connectivity index (χ1n) is 4.76. The van der Waals surface area contributed by atoms with Crippen molar-refractivity contribution >= 4 is 11.3 Å². The fraction of sp³-hybridized carbons (Fsp3) is 0.667. The molecule has 0 unspecified atom stereocenters. The van der Waals surface area contributed by atoms with E-state index in [1.54, 1.807) is 11.3 Å². The highest BCUT2D eigenvalue weighted by molar-refractivity contribution is 7.09. The second-order valence-corrected chi connectivity index (χ2v) is 4.56. The Hall–Kier alpha value is -0.620. The Morgan fingerprint density at radius 3 is 2.80 bits per heavy atom. The van der Waals surface area contributed by atoms with Crippen LogP contribution in [0.1, 0.15) is 29.5 Å². The maximum atomic E-state index is 11.8. The van der Waals surface area contributed by atoms with Crippen molar-refractivity contribution in [2.45, 2.75) is 31.5 Å². The van der Waals surface area contributed by atoms with Crippen molar-refractivity contribution in [3.8, 4) is 0 Å². The van der Waals surface area contributed by atoms with Gasteiger partial charge in [-0.05, 0) is 12.8 Å². The SMILES string of the molecule is FC(F)(F)CNCc1csc(C2CC2)n1. The number of nitrogens with zero attached hydrogens (tertiary/aromatic N) is 1. The zero-order chi connectivity index (χ0) is 10.9. The molecule has 1 saturated carbocycles. The van der Waals surface area contributed by atoms with Gasteiger partial charge in [-0.25, -0.2) is 4.98 Å². The number of nitrogens with one attached hydrogen (secondary N) is 1. The normalized spacial score (nSPS) is 17.0. The Balaban J connectivity index is 1.78. The second kappa shape index (κ2) is 4.09. The minimum absolute atomic E-state index is 0.197. The molecule has 84 valence electrons. The summed E-state index contributed by atoms with van der Waals surface area (Å²) in [5.41, 5.74) is 0.714. The second-order valence-electron chi connectivity index (χ2n) is 3.67. The minimum Gasteiger partial charge on any atom is -0.303 e. The van der Waals surface area contributed by atoms with Gasteiger partial charge in [-0.1, -0.05) is 0 Å². The van der Waals surface area contributed by atoms with Crippen molar-refractivity contribution in [1.82, 2.24) is 10.3 Å². The van der Waals surface area contributed by atoms with Crippen molar-refractivity contribution in [2.24, 2.45) is 0 Å². The van der Waals surface area contributed by atoms with Gasteiger partial charge in [0.15, 0.2) is 0 Å². The molecule has 0 bridgehead atoms. The van der Waals surface area contributed by atoms with E-state index < -0.39 is 12.7 Å². The summed E-state index contributed by atoms with van der Waals surface area (Å²) in [5, 5.41) is 5.23. The average Bonchev–Trinajstić information content (AvgIpc) is 2.86. The lowest BCUT2D eigenvalue weighted by Gasteiger charge is -2.06. The van der Waals surface area contributed by atoms with Crippen LogP contribution in [0.15, 0.2) is 5.38 Å². The molecule has 0 radical (unpaired) electrons. The zero-order valence-electron chi connectivity index (χ0n) is 7.97. The maximum Gasteiger partial charge on any atom is 0.401 e. The van der Waals surface area contributed by atoms with E-state index in [0.717, 1.165) is 5.01 Å². The quantitative estimate of drug-likeness (QED) is 0.869. The molecule has 1 heterocycles. The molecule has 1 N–H and O–H groups in total. The minimum atomic E-state index is -4.14. The summed E-state index contributed by atoms with van der Waals surface area (Å²) in [5.74, 6) is 0.575. The molecule has 1 fully saturated rings. The van der Waals surface area contributed by atoms with Crippen LogP contribution in [0, 0.1) is 0 Å². The average molecular weight is 236 g/mol. The molecule has 6 heteroatoms. The Labute approximate surface area is 89.5 Å². The predicted octanol–water partition coefficient (Wildman–Crippen LogP) is 2.67. The fourth-order valence-corrected chi connectivity index (χ4v) is 2.24. The number of aromatic nitrogens is 1. The van der Waals surface area contributed by atoms with Crippen molar-refractivity contribution < 1.29 is 13.2 Å². The molecule has 1 aromatic heterocycles. The van der Waals surface area contributed by atoms with Crippen LogP contribution >= 0.6 is 11.3 Å². The highest BCUT2D eigenvalue weighted by Crippen LogP contribution is 2.41. The zero-order valence-corrected chi connectivity index (χ0v) is 8.79. The van der Waals surface area contributed by atoms with E-state index >= 15 is 0 Å². The molecular formula is C9H11F3N2S. The van der Waals surface area contributed by atoms with Crippen molar-refractivity contribution in [3.63, 3.8) is 0 Å². The smallest absolute Gasteiger partial charge is 0.303 e. The number of hydrogen-bond donors (Lipinski definition) is 1. The van der Waals surface area contributed by atoms with Crippen LogP contribution in [-0.2, 0) is 6.54 Å². The molecule has 2 rings (SSSR count). The Kier molecular flexibility index (Phi) is 2.97. The molecule has 1 aromatic rings. The molecule has 0 aliphatic heterocycles. The summed E-state index contributed by atoms with van der Waals surface area (Å²) in [7, 11) is 0. The van der Waals surface area contributed by atoms with E-state index in [4.69, 9.17) is 0 Å². The summed E-state index contributed by atoms with van der Waals surface area (Å²) in [6, 6.07) is 0. The standard InChI is InChI=1S/C9H11F3N2S/c10-9(11,12)5-13-3-7-4-15-8(14-7)6-1-2-6/h4,6,13H,1-3,5H2. The predicted molar refractivity (Wildman–Crippen MR) is 51.9 cm³/mol. The van der Waals surface area contributed by atoms with Crippen LogP contribution in [0.25, 0.3) is 0 Å². The Morgan fingerprint density at radius 1 is 1.47 bits per heavy atom. The summed E-state index contributed by atoms with van der Waals surface area (Å²) < 4.78 is 35.5. The summed E-state index contributed by atoms with van der Waals surface area (Å²) in [6.07, 6.45) is -1.80. The lowest BCUT2D eigenvalue weighted by atomic mass is 10.4. The third kappa shape index (κ3) is 3.46. The van der Waals surface area contributed by atoms with E-state index in [1.807, 2.05) is 5.38 Å². The Morgan fingerprint density at radius 2 is 2.20 bits per heavy atom. The topological polar surface area (TPSA) is 24.9 Å². The van der Waals surface area contributed by atoms with Gasteiger partial charge >= 0.3 is 6.18 Å². The molecule has 0 saturated heterocycles. The van der Waals surface area contributed by atoms with Gasteiger partial charge in [0, 0.05) is 17.8 Å². The van der Waals surface area contributed by atoms with E-state index in [2.05, 4.69) is 10.3 Å². The van der Waals surface area contributed by atoms with Gasteiger partial charge in [0.2, 0.25) is 0 Å². The van der Waals surface area contributed by atoms with Gasteiger partial charge in [0.05, 0.1) is 17.2 Å². The van der Waals surface area contributed by atoms with Gasteiger partial charge in [-0.15, -0.1) is 11.3 Å². The van der Waals surface area contributed by atoms with Gasteiger partial charge in [0.1, 0.15) is 0 Å². The summed E-state index contributed by atoms with van der Waals surface area (Å²) in [6.45, 7) is -0.758. The number of halogens is 3. The molecule has 1 aliphatic carbocycles. The molecular weight excluding hydrogens is 225 g/mol. The first kappa shape index (κ1) is 10.9. The summed E-state index contributed by atoms with van der Waals surface area (Å²) >= 11 is 1.55. The van der Waals surface area contributed by atoms with Crippen LogP contribution in [0.4, 0.5) is 13.2 Å². The fourth-order valence-electron chi connectivity index (χ4n) is 1.25. The number of rotatable bonds is 4. The molecule has 0 aromatic carbocycles. The molecule has 15 heavy (non-hydrogen) atoms. The van der Waals surface area contributed by atoms with E-state index in [9.17, 15) is 13.2 Å². The van der Waals surface area contributed by atoms with Crippen molar-refractivity contribution in [2.75, 3.05) is 6.54 Å². The van der Waals surface area contributed by atoms with E-state index in [1.165, 1.54) is 12.8 Å². The molecule has 2 nitrogen and oxygen atoms in total. The monoisotopic (exact) mass is 236 g/mol. The maximum absolute atomic E-state index is 11.8. The number of thiazole rings is 1. The van der Waals surface area contributed by atoms with Crippen LogP contribution < -0.4 is 5.32 Å². The first-order chi connectivity index (χ1) is 7.04. The lowest BCUT2D eigenvalue weighted by Crippen LogP contribution is -2.28. The van der Waals surface area contributed by atoms with Gasteiger partial charge in [0.25, 0.3) is 0 Å². The highest BCUT2D eigenvalue weighted by Gasteiger charge is 2.28. The molecule has 0 atom stereocenters. The third-order valence-electron chi connectivity index (χ3n) is 2.13. The van der Waals surface area contributed by atoms with Crippen LogP contribution in [0.2, 0.25) is 0 Å². The number of alkyl halides is 3. The lowest BCUT2D eigenvalue weighted by molar-refractivity contribution is -0.125. The van der Waals surface area contributed by atoms with Crippen molar-refractivity contribution in [3.05, 3.63) is 16.1 Å². The van der Waals surface area contributed by atoms with E-state index in [0.29, 0.717) is 11.6 Å². The van der Waals surface area contributed by atoms with E-state index in [-0.39, 0.29) is 6.54 Å². The van der Waals surface area contributed by atoms with Gasteiger partial charge < -0.3 is 5.32 Å². The largest absolute Gasteiger partial charge is 0.401 e. The molecule has 1 aliphatic rings. The highest BCUT2D eigenvalue weighted by atomic mass is 32.1. The Bertz CT molecular complexity index is 330. The van der Waals surface area contributed by atoms with Gasteiger partial charge in [-0.2, -0.15) is 13.2 Å². The van der Waals surface area contributed by atoms with Crippen LogP contribution in [0.3, 0.4) is 0 Å². The number of hydrogen-bond acceptors (Lipinski definition) is 3. The molecule has 0 spiro atoms. The van der Waals surface area contributed by atoms with Crippen LogP contribution in [0.5, 0.6) is 0 Å². The third-order valence-corrected chi connectivity index (χ3v) is 3.18. The molecule has 0 amide bonds. The van der Waals surface area contributed by atoms with Crippen LogP contribution in [-0.4, -0.2) is 17.7 Å². The van der Waals surface area contributed by atoms with Gasteiger partial charge in [-0.3, -0.25) is 0 Å². The first-order valence-corrected chi connectivity index (χ1v) is 5.64.